The number of nitrogens with two attached hydrogens (primary N) is 1. The lowest BCUT2D eigenvalue weighted by Crippen LogP contribution is -2.57. The molecule has 1 rings (SSSR count). The molecule has 1 saturated carbocycles. The highest BCUT2D eigenvalue weighted by Gasteiger charge is 2.51. The molecule has 0 spiro atoms. The molecule has 0 aromatic rings. The minimum atomic E-state index is -0.474. The van der Waals surface area contributed by atoms with Gasteiger partial charge in [0.2, 0.25) is 5.91 Å². The lowest BCUT2D eigenvalue weighted by molar-refractivity contribution is -0.125. The van der Waals surface area contributed by atoms with Crippen LogP contribution in [0.2, 0.25) is 0 Å². The van der Waals surface area contributed by atoms with E-state index in [0.29, 0.717) is 5.92 Å². The molecule has 3 N–H and O–H groups in total. The highest BCUT2D eigenvalue weighted by atomic mass is 16.1. The molecule has 2 unspecified atom stereocenters. The van der Waals surface area contributed by atoms with E-state index in [1.54, 1.807) is 0 Å². The summed E-state index contributed by atoms with van der Waals surface area (Å²) < 4.78 is 0. The van der Waals surface area contributed by atoms with Gasteiger partial charge in [-0.1, -0.05) is 27.7 Å². The van der Waals surface area contributed by atoms with E-state index in [-0.39, 0.29) is 11.3 Å². The van der Waals surface area contributed by atoms with Gasteiger partial charge in [0, 0.05) is 0 Å². The average Bonchev–Trinajstić information content (AvgIpc) is 2.23. The number of primary amides is 1. The van der Waals surface area contributed by atoms with Crippen LogP contribution in [-0.2, 0) is 4.79 Å². The Morgan fingerprint density at radius 3 is 2.43 bits per heavy atom. The zero-order chi connectivity index (χ0) is 11.0. The summed E-state index contributed by atoms with van der Waals surface area (Å²) in [5, 5.41) is 3.29. The van der Waals surface area contributed by atoms with Crippen LogP contribution in [0.3, 0.4) is 0 Å². The van der Waals surface area contributed by atoms with Gasteiger partial charge in [-0.05, 0) is 30.7 Å². The summed E-state index contributed by atoms with van der Waals surface area (Å²) in [7, 11) is 0. The van der Waals surface area contributed by atoms with Crippen molar-refractivity contribution in [2.45, 2.75) is 46.1 Å². The van der Waals surface area contributed by atoms with Crippen molar-refractivity contribution in [1.29, 1.82) is 0 Å². The first kappa shape index (κ1) is 11.5. The number of nitrogens with one attached hydrogen (secondary N) is 1. The summed E-state index contributed by atoms with van der Waals surface area (Å²) in [5.74, 6) is 0.132. The van der Waals surface area contributed by atoms with Crippen LogP contribution in [0.1, 0.15) is 40.5 Å². The highest BCUT2D eigenvalue weighted by Crippen LogP contribution is 2.47. The summed E-state index contributed by atoms with van der Waals surface area (Å²) in [6.45, 7) is 9.32. The third kappa shape index (κ3) is 1.78. The molecule has 0 aromatic carbocycles. The van der Waals surface area contributed by atoms with Crippen LogP contribution in [0.15, 0.2) is 0 Å². The molecule has 3 nitrogen and oxygen atoms in total. The van der Waals surface area contributed by atoms with Crippen molar-refractivity contribution in [3.05, 3.63) is 0 Å². The van der Waals surface area contributed by atoms with Crippen molar-refractivity contribution in [3.8, 4) is 0 Å². The molecule has 0 bridgehead atoms. The number of carbonyl (C=O) groups is 1. The van der Waals surface area contributed by atoms with Crippen LogP contribution in [0, 0.1) is 11.3 Å². The van der Waals surface area contributed by atoms with Gasteiger partial charge in [0.15, 0.2) is 0 Å². The first-order chi connectivity index (χ1) is 6.34. The molecule has 82 valence electrons. The van der Waals surface area contributed by atoms with E-state index in [2.05, 4.69) is 26.1 Å². The third-order valence-electron chi connectivity index (χ3n) is 3.39. The maximum Gasteiger partial charge on any atom is 0.238 e. The number of rotatable bonds is 3. The van der Waals surface area contributed by atoms with Gasteiger partial charge < -0.3 is 11.1 Å². The van der Waals surface area contributed by atoms with Crippen molar-refractivity contribution in [2.24, 2.45) is 17.1 Å². The van der Waals surface area contributed by atoms with Crippen LogP contribution in [-0.4, -0.2) is 18.0 Å². The average molecular weight is 198 g/mol. The molecule has 1 fully saturated rings. The van der Waals surface area contributed by atoms with Gasteiger partial charge >= 0.3 is 0 Å². The Morgan fingerprint density at radius 2 is 2.14 bits per heavy atom. The van der Waals surface area contributed by atoms with Gasteiger partial charge in [-0.2, -0.15) is 0 Å². The molecule has 14 heavy (non-hydrogen) atoms. The number of hydrogen-bond donors (Lipinski definition) is 2. The first-order valence-electron chi connectivity index (χ1n) is 5.39. The van der Waals surface area contributed by atoms with Crippen molar-refractivity contribution in [3.63, 3.8) is 0 Å². The van der Waals surface area contributed by atoms with Crippen molar-refractivity contribution < 1.29 is 4.79 Å². The SMILES string of the molecule is CCNC1(C(N)=O)CC(C)(C)CC1C. The Labute approximate surface area is 86.4 Å². The Morgan fingerprint density at radius 1 is 1.57 bits per heavy atom. The van der Waals surface area contributed by atoms with Gasteiger partial charge in [-0.3, -0.25) is 4.79 Å². The molecule has 1 amide bonds. The Balaban J connectivity index is 2.94. The summed E-state index contributed by atoms with van der Waals surface area (Å²) in [4.78, 5) is 11.6. The van der Waals surface area contributed by atoms with E-state index >= 15 is 0 Å². The second-order valence-corrected chi connectivity index (χ2v) is 5.31. The molecular formula is C11H22N2O. The Bertz CT molecular complexity index is 237. The minimum absolute atomic E-state index is 0.197. The molecule has 0 heterocycles. The first-order valence-corrected chi connectivity index (χ1v) is 5.39. The van der Waals surface area contributed by atoms with Gasteiger partial charge in [0.1, 0.15) is 5.54 Å². The largest absolute Gasteiger partial charge is 0.368 e. The summed E-state index contributed by atoms with van der Waals surface area (Å²) >= 11 is 0. The van der Waals surface area contributed by atoms with Gasteiger partial charge in [0.25, 0.3) is 0 Å². The fourth-order valence-electron chi connectivity index (χ4n) is 2.97. The van der Waals surface area contributed by atoms with E-state index in [9.17, 15) is 4.79 Å². The van der Waals surface area contributed by atoms with Crippen LogP contribution in [0.5, 0.6) is 0 Å². The second kappa shape index (κ2) is 3.54. The van der Waals surface area contributed by atoms with Crippen molar-refractivity contribution in [1.82, 2.24) is 5.32 Å². The fraction of sp³-hybridized carbons (Fsp3) is 0.909. The third-order valence-corrected chi connectivity index (χ3v) is 3.39. The van der Waals surface area contributed by atoms with Crippen LogP contribution < -0.4 is 11.1 Å². The molecular weight excluding hydrogens is 176 g/mol. The maximum atomic E-state index is 11.6. The molecule has 3 heteroatoms. The Hall–Kier alpha value is -0.570. The molecule has 2 atom stereocenters. The van der Waals surface area contributed by atoms with E-state index in [4.69, 9.17) is 5.73 Å². The summed E-state index contributed by atoms with van der Waals surface area (Å²) in [5.41, 5.74) is 5.27. The zero-order valence-corrected chi connectivity index (χ0v) is 9.68. The maximum absolute atomic E-state index is 11.6. The zero-order valence-electron chi connectivity index (χ0n) is 9.68. The van der Waals surface area contributed by atoms with Crippen LogP contribution in [0.25, 0.3) is 0 Å². The molecule has 0 radical (unpaired) electrons. The number of likely N-dealkylation sites (N-methyl/N-ethyl adjacent to an activating group) is 1. The minimum Gasteiger partial charge on any atom is -0.368 e. The summed E-state index contributed by atoms with van der Waals surface area (Å²) in [6.07, 6.45) is 1.91. The van der Waals surface area contributed by atoms with Gasteiger partial charge in [-0.15, -0.1) is 0 Å². The lowest BCUT2D eigenvalue weighted by Gasteiger charge is -2.31. The topological polar surface area (TPSA) is 55.1 Å². The smallest absolute Gasteiger partial charge is 0.238 e. The monoisotopic (exact) mass is 198 g/mol. The van der Waals surface area contributed by atoms with Crippen molar-refractivity contribution in [2.75, 3.05) is 6.54 Å². The van der Waals surface area contributed by atoms with E-state index in [0.717, 1.165) is 19.4 Å². The number of amides is 1. The number of carbonyl (C=O) groups excluding carboxylic acids is 1. The van der Waals surface area contributed by atoms with Gasteiger partial charge in [-0.25, -0.2) is 0 Å². The molecule has 0 aromatic heterocycles. The van der Waals surface area contributed by atoms with E-state index in [1.165, 1.54) is 0 Å². The quantitative estimate of drug-likeness (QED) is 0.717. The lowest BCUT2D eigenvalue weighted by atomic mass is 9.85. The molecule has 1 aliphatic rings. The standard InChI is InChI=1S/C11H22N2O/c1-5-13-11(9(12)14)7-10(3,4)6-8(11)2/h8,13H,5-7H2,1-4H3,(H2,12,14). The van der Waals surface area contributed by atoms with Crippen LogP contribution in [0.4, 0.5) is 0 Å². The fourth-order valence-corrected chi connectivity index (χ4v) is 2.97. The predicted octanol–water partition coefficient (Wildman–Crippen LogP) is 1.28. The Kier molecular flexibility index (Phi) is 2.91. The highest BCUT2D eigenvalue weighted by molar-refractivity contribution is 5.85. The van der Waals surface area contributed by atoms with Gasteiger partial charge in [0.05, 0.1) is 0 Å². The molecule has 0 saturated heterocycles. The van der Waals surface area contributed by atoms with Crippen LogP contribution >= 0.6 is 0 Å². The normalized spacial score (nSPS) is 35.9. The number of hydrogen-bond acceptors (Lipinski definition) is 2. The van der Waals surface area contributed by atoms with E-state index < -0.39 is 5.54 Å². The second-order valence-electron chi connectivity index (χ2n) is 5.31. The molecule has 1 aliphatic carbocycles. The predicted molar refractivity (Wildman–Crippen MR) is 57.8 cm³/mol. The van der Waals surface area contributed by atoms with E-state index in [1.807, 2.05) is 6.92 Å². The van der Waals surface area contributed by atoms with Crippen molar-refractivity contribution >= 4 is 5.91 Å². The summed E-state index contributed by atoms with van der Waals surface area (Å²) in [6, 6.07) is 0. The molecule has 0 aliphatic heterocycles.